The number of aliphatic carboxylic acids is 4. The first-order valence-electron chi connectivity index (χ1n) is 10.4. The van der Waals surface area contributed by atoms with Crippen molar-refractivity contribution in [2.75, 3.05) is 6.54 Å². The fourth-order valence-corrected chi connectivity index (χ4v) is 3.36. The Labute approximate surface area is 193 Å². The molecule has 0 radical (unpaired) electrons. The van der Waals surface area contributed by atoms with E-state index in [4.69, 9.17) is 21.1 Å². The van der Waals surface area contributed by atoms with Gasteiger partial charge in [0.15, 0.2) is 0 Å². The summed E-state index contributed by atoms with van der Waals surface area (Å²) in [6.07, 6.45) is -2.08. The monoisotopic (exact) mass is 488 g/mol. The van der Waals surface area contributed by atoms with E-state index in [2.05, 4.69) is 10.6 Å². The highest BCUT2D eigenvalue weighted by Gasteiger charge is 2.39. The molecule has 1 fully saturated rings. The molecular weight excluding hydrogens is 460 g/mol. The van der Waals surface area contributed by atoms with Gasteiger partial charge in [-0.05, 0) is 25.7 Å². The molecule has 8 N–H and O–H groups in total. The van der Waals surface area contributed by atoms with Crippen molar-refractivity contribution < 1.29 is 54.0 Å². The Bertz CT molecular complexity index is 831. The maximum absolute atomic E-state index is 12.8. The molecule has 0 aromatic rings. The van der Waals surface area contributed by atoms with E-state index in [9.17, 15) is 38.7 Å². The van der Waals surface area contributed by atoms with Crippen LogP contribution >= 0.6 is 0 Å². The lowest BCUT2D eigenvalue weighted by molar-refractivity contribution is -0.150. The van der Waals surface area contributed by atoms with Crippen molar-refractivity contribution in [1.29, 1.82) is 0 Å². The van der Waals surface area contributed by atoms with Gasteiger partial charge < -0.3 is 41.7 Å². The number of nitrogens with one attached hydrogen (secondary N) is 2. The van der Waals surface area contributed by atoms with E-state index in [0.29, 0.717) is 6.42 Å². The van der Waals surface area contributed by atoms with Crippen LogP contribution < -0.4 is 16.4 Å². The first-order valence-corrected chi connectivity index (χ1v) is 10.4. The molecule has 3 amide bonds. The fourth-order valence-electron chi connectivity index (χ4n) is 3.36. The van der Waals surface area contributed by atoms with Crippen molar-refractivity contribution >= 4 is 41.6 Å². The average molecular weight is 488 g/mol. The second kappa shape index (κ2) is 13.1. The van der Waals surface area contributed by atoms with Gasteiger partial charge in [0.05, 0.1) is 12.5 Å². The predicted molar refractivity (Wildman–Crippen MR) is 110 cm³/mol. The minimum Gasteiger partial charge on any atom is -0.481 e. The zero-order valence-electron chi connectivity index (χ0n) is 18.1. The molecule has 0 aromatic carbocycles. The summed E-state index contributed by atoms with van der Waals surface area (Å²) in [5.74, 6) is -8.23. The third-order valence-electron chi connectivity index (χ3n) is 5.10. The smallest absolute Gasteiger partial charge is 0.326 e. The summed E-state index contributed by atoms with van der Waals surface area (Å²) in [7, 11) is 0. The lowest BCUT2D eigenvalue weighted by atomic mass is 10.1. The summed E-state index contributed by atoms with van der Waals surface area (Å²) in [4.78, 5) is 83.0. The first kappa shape index (κ1) is 28.3. The molecule has 1 saturated heterocycles. The Morgan fingerprint density at radius 2 is 1.38 bits per heavy atom. The molecule has 0 aliphatic carbocycles. The van der Waals surface area contributed by atoms with Crippen LogP contribution in [0.15, 0.2) is 0 Å². The van der Waals surface area contributed by atoms with Gasteiger partial charge in [-0.1, -0.05) is 0 Å². The first-order chi connectivity index (χ1) is 15.8. The van der Waals surface area contributed by atoms with Gasteiger partial charge in [-0.25, -0.2) is 4.79 Å². The van der Waals surface area contributed by atoms with Crippen molar-refractivity contribution in [3.8, 4) is 0 Å². The molecule has 0 saturated carbocycles. The third-order valence-corrected chi connectivity index (χ3v) is 5.10. The van der Waals surface area contributed by atoms with E-state index in [-0.39, 0.29) is 19.4 Å². The molecule has 4 atom stereocenters. The standard InChI is InChI=1S/C19H28N4O11/c20-9(3-5-13(24)25)16(30)21-10(4-6-14(26)27)17(31)22-11(8-15(28)29)18(32)23-7-1-2-12(23)19(33)34/h9-12H,1-8,20H2,(H,21,30)(H,22,31)(H,24,25)(H,26,27)(H,28,29)(H,33,34). The minimum atomic E-state index is -1.67. The Hall–Kier alpha value is -3.75. The summed E-state index contributed by atoms with van der Waals surface area (Å²) in [6, 6.07) is -5.71. The summed E-state index contributed by atoms with van der Waals surface area (Å²) in [5, 5.41) is 40.4. The van der Waals surface area contributed by atoms with Crippen LogP contribution in [0, 0.1) is 0 Å². The van der Waals surface area contributed by atoms with E-state index < -0.39 is 91.4 Å². The highest BCUT2D eigenvalue weighted by atomic mass is 16.4. The molecule has 190 valence electrons. The zero-order chi connectivity index (χ0) is 26.0. The molecule has 1 rings (SSSR count). The van der Waals surface area contributed by atoms with E-state index >= 15 is 0 Å². The number of nitrogens with zero attached hydrogens (tertiary/aromatic N) is 1. The lowest BCUT2D eigenvalue weighted by Gasteiger charge is -2.28. The van der Waals surface area contributed by atoms with Crippen LogP contribution in [-0.4, -0.2) is 97.6 Å². The number of rotatable bonds is 14. The van der Waals surface area contributed by atoms with E-state index in [1.807, 2.05) is 0 Å². The van der Waals surface area contributed by atoms with Gasteiger partial charge in [-0.3, -0.25) is 28.8 Å². The topological polar surface area (TPSA) is 254 Å². The number of carbonyl (C=O) groups is 7. The quantitative estimate of drug-likeness (QED) is 0.135. The third kappa shape index (κ3) is 9.01. The predicted octanol–water partition coefficient (Wildman–Crippen LogP) is -2.44. The Morgan fingerprint density at radius 1 is 0.824 bits per heavy atom. The average Bonchev–Trinajstić information content (AvgIpc) is 3.23. The maximum atomic E-state index is 12.8. The van der Waals surface area contributed by atoms with Crippen molar-refractivity contribution in [2.45, 2.75) is 69.1 Å². The van der Waals surface area contributed by atoms with Crippen LogP contribution in [0.3, 0.4) is 0 Å². The molecular formula is C19H28N4O11. The number of hydrogen-bond donors (Lipinski definition) is 7. The number of nitrogens with two attached hydrogens (primary N) is 1. The van der Waals surface area contributed by atoms with Crippen LogP contribution in [0.25, 0.3) is 0 Å². The second-order valence-corrected chi connectivity index (χ2v) is 7.72. The Balaban J connectivity index is 3.00. The number of amides is 3. The van der Waals surface area contributed by atoms with Crippen LogP contribution in [0.2, 0.25) is 0 Å². The number of carbonyl (C=O) groups excluding carboxylic acids is 3. The number of carboxylic acids is 4. The maximum Gasteiger partial charge on any atom is 0.326 e. The molecule has 1 heterocycles. The van der Waals surface area contributed by atoms with Crippen LogP contribution in [0.1, 0.15) is 44.9 Å². The molecule has 15 heteroatoms. The van der Waals surface area contributed by atoms with Gasteiger partial charge in [0, 0.05) is 19.4 Å². The van der Waals surface area contributed by atoms with Gasteiger partial charge in [-0.2, -0.15) is 0 Å². The highest BCUT2D eigenvalue weighted by molar-refractivity contribution is 5.96. The van der Waals surface area contributed by atoms with Crippen molar-refractivity contribution in [3.63, 3.8) is 0 Å². The summed E-state index contributed by atoms with van der Waals surface area (Å²) >= 11 is 0. The van der Waals surface area contributed by atoms with Gasteiger partial charge in [0.1, 0.15) is 18.1 Å². The summed E-state index contributed by atoms with van der Waals surface area (Å²) in [6.45, 7) is 0.0411. The molecule has 15 nitrogen and oxygen atoms in total. The molecule has 1 aliphatic heterocycles. The minimum absolute atomic E-state index is 0.0411. The largest absolute Gasteiger partial charge is 0.481 e. The Morgan fingerprint density at radius 3 is 1.91 bits per heavy atom. The van der Waals surface area contributed by atoms with Crippen LogP contribution in [0.5, 0.6) is 0 Å². The summed E-state index contributed by atoms with van der Waals surface area (Å²) < 4.78 is 0. The van der Waals surface area contributed by atoms with Gasteiger partial charge in [-0.15, -0.1) is 0 Å². The van der Waals surface area contributed by atoms with Crippen molar-refractivity contribution in [3.05, 3.63) is 0 Å². The van der Waals surface area contributed by atoms with Crippen LogP contribution in [0.4, 0.5) is 0 Å². The van der Waals surface area contributed by atoms with Gasteiger partial charge in [0.2, 0.25) is 17.7 Å². The Kier molecular flexibility index (Phi) is 10.9. The molecule has 1 aliphatic rings. The van der Waals surface area contributed by atoms with Crippen LogP contribution in [-0.2, 0) is 33.6 Å². The fraction of sp³-hybridized carbons (Fsp3) is 0.632. The summed E-state index contributed by atoms with van der Waals surface area (Å²) in [5.41, 5.74) is 5.59. The van der Waals surface area contributed by atoms with Gasteiger partial charge in [0.25, 0.3) is 0 Å². The van der Waals surface area contributed by atoms with E-state index in [1.165, 1.54) is 0 Å². The lowest BCUT2D eigenvalue weighted by Crippen LogP contribution is -2.57. The number of carboxylic acid groups (broad SMARTS) is 4. The SMILES string of the molecule is NC(CCC(=O)O)C(=O)NC(CCC(=O)O)C(=O)NC(CC(=O)O)C(=O)N1CCCC1C(=O)O. The zero-order valence-corrected chi connectivity index (χ0v) is 18.1. The van der Waals surface area contributed by atoms with Crippen molar-refractivity contribution in [1.82, 2.24) is 15.5 Å². The number of hydrogen-bond acceptors (Lipinski definition) is 8. The molecule has 34 heavy (non-hydrogen) atoms. The number of likely N-dealkylation sites (tertiary alicyclic amines) is 1. The molecule has 0 aromatic heterocycles. The van der Waals surface area contributed by atoms with Crippen molar-refractivity contribution in [2.24, 2.45) is 5.73 Å². The van der Waals surface area contributed by atoms with Gasteiger partial charge >= 0.3 is 23.9 Å². The molecule has 0 spiro atoms. The van der Waals surface area contributed by atoms with E-state index in [0.717, 1.165) is 4.90 Å². The highest BCUT2D eigenvalue weighted by Crippen LogP contribution is 2.19. The van der Waals surface area contributed by atoms with E-state index in [1.54, 1.807) is 0 Å². The molecule has 4 unspecified atom stereocenters. The molecule has 0 bridgehead atoms. The second-order valence-electron chi connectivity index (χ2n) is 7.72. The normalized spacial score (nSPS) is 17.8.